The molecule has 0 amide bonds. The van der Waals surface area contributed by atoms with Gasteiger partial charge in [0.2, 0.25) is 0 Å². The Labute approximate surface area is 139 Å². The fourth-order valence-electron chi connectivity index (χ4n) is 3.02. The summed E-state index contributed by atoms with van der Waals surface area (Å²) in [6.45, 7) is 0.500. The molecule has 1 aromatic rings. The molecule has 0 aromatic carbocycles. The lowest BCUT2D eigenvalue weighted by atomic mass is 10.2. The number of carboxylic acid groups (broad SMARTS) is 1. The van der Waals surface area contributed by atoms with E-state index in [1.165, 1.54) is 0 Å². The Kier molecular flexibility index (Phi) is 5.12. The van der Waals surface area contributed by atoms with E-state index in [1.54, 1.807) is 22.1 Å². The predicted molar refractivity (Wildman–Crippen MR) is 83.8 cm³/mol. The summed E-state index contributed by atoms with van der Waals surface area (Å²) < 4.78 is 7.52. The normalized spacial score (nSPS) is 25.9. The number of nitrogens with zero attached hydrogens (tertiary/aromatic N) is 4. The van der Waals surface area contributed by atoms with Crippen LogP contribution in [0.4, 0.5) is 5.82 Å². The first kappa shape index (κ1) is 16.9. The van der Waals surface area contributed by atoms with Crippen LogP contribution in [0.1, 0.15) is 50.3 Å². The summed E-state index contributed by atoms with van der Waals surface area (Å²) in [6, 6.07) is 0. The van der Waals surface area contributed by atoms with Crippen molar-refractivity contribution in [2.75, 3.05) is 13.2 Å². The average molecular weight is 338 g/mol. The summed E-state index contributed by atoms with van der Waals surface area (Å²) in [5.41, 5.74) is 0.465. The zero-order chi connectivity index (χ0) is 17.1. The minimum Gasteiger partial charge on any atom is -0.481 e. The Hall–Kier alpha value is -1.97. The SMILES string of the molecule is O=C(O)CCCCN1C=Nc2c(ncn2[C@H]2CC[C@@H](CO)O2)C1O. The van der Waals surface area contributed by atoms with E-state index in [9.17, 15) is 15.0 Å². The molecule has 3 N–H and O–H groups in total. The highest BCUT2D eigenvalue weighted by molar-refractivity contribution is 5.66. The maximum Gasteiger partial charge on any atom is 0.303 e. The molecular weight excluding hydrogens is 316 g/mol. The number of carboxylic acids is 1. The minimum absolute atomic E-state index is 0.0105. The molecule has 0 bridgehead atoms. The quantitative estimate of drug-likeness (QED) is 0.628. The number of aliphatic hydroxyl groups excluding tert-OH is 2. The van der Waals surface area contributed by atoms with Crippen molar-refractivity contribution in [2.45, 2.75) is 50.7 Å². The first-order valence-electron chi connectivity index (χ1n) is 8.13. The fourth-order valence-corrected chi connectivity index (χ4v) is 3.02. The van der Waals surface area contributed by atoms with Crippen LogP contribution >= 0.6 is 0 Å². The largest absolute Gasteiger partial charge is 0.481 e. The molecule has 2 aliphatic heterocycles. The van der Waals surface area contributed by atoms with Gasteiger partial charge in [-0.2, -0.15) is 0 Å². The Morgan fingerprint density at radius 1 is 1.38 bits per heavy atom. The van der Waals surface area contributed by atoms with Crippen LogP contribution in [0.5, 0.6) is 0 Å². The molecule has 2 aliphatic rings. The van der Waals surface area contributed by atoms with Gasteiger partial charge in [0.05, 0.1) is 25.4 Å². The van der Waals surface area contributed by atoms with Crippen LogP contribution in [0.2, 0.25) is 0 Å². The lowest BCUT2D eigenvalue weighted by Gasteiger charge is -2.28. The van der Waals surface area contributed by atoms with Crippen molar-refractivity contribution >= 4 is 18.1 Å². The van der Waals surface area contributed by atoms with Gasteiger partial charge in [-0.3, -0.25) is 9.36 Å². The number of ether oxygens (including phenoxy) is 1. The smallest absolute Gasteiger partial charge is 0.303 e. The Morgan fingerprint density at radius 2 is 2.21 bits per heavy atom. The fraction of sp³-hybridized carbons (Fsp3) is 0.667. The summed E-state index contributed by atoms with van der Waals surface area (Å²) in [6.07, 6.45) is 4.70. The van der Waals surface area contributed by atoms with Crippen molar-refractivity contribution in [3.8, 4) is 0 Å². The highest BCUT2D eigenvalue weighted by Crippen LogP contribution is 2.37. The maximum atomic E-state index is 10.5. The van der Waals surface area contributed by atoms with Crippen molar-refractivity contribution in [3.05, 3.63) is 12.0 Å². The molecule has 9 heteroatoms. The molecule has 1 saturated heterocycles. The number of carbonyl (C=O) groups is 1. The first-order chi connectivity index (χ1) is 11.6. The van der Waals surface area contributed by atoms with Crippen molar-refractivity contribution in [2.24, 2.45) is 4.99 Å². The van der Waals surface area contributed by atoms with Crippen LogP contribution in [0, 0.1) is 0 Å². The third kappa shape index (κ3) is 3.42. The summed E-state index contributed by atoms with van der Waals surface area (Å²) in [5, 5.41) is 28.3. The molecule has 9 nitrogen and oxygen atoms in total. The molecule has 0 aliphatic carbocycles. The van der Waals surface area contributed by atoms with Crippen LogP contribution in [0.3, 0.4) is 0 Å². The molecule has 3 heterocycles. The lowest BCUT2D eigenvalue weighted by Crippen LogP contribution is -2.31. The van der Waals surface area contributed by atoms with Crippen molar-refractivity contribution in [3.63, 3.8) is 0 Å². The van der Waals surface area contributed by atoms with E-state index in [0.717, 1.165) is 12.8 Å². The lowest BCUT2D eigenvalue weighted by molar-refractivity contribution is -0.137. The zero-order valence-corrected chi connectivity index (χ0v) is 13.3. The monoisotopic (exact) mass is 338 g/mol. The van der Waals surface area contributed by atoms with Crippen molar-refractivity contribution in [1.82, 2.24) is 14.5 Å². The molecule has 1 fully saturated rings. The molecule has 132 valence electrons. The average Bonchev–Trinajstić information content (AvgIpc) is 3.19. The number of fused-ring (bicyclic) bond motifs is 1. The number of hydrogen-bond donors (Lipinski definition) is 3. The number of unbranched alkanes of at least 4 members (excludes halogenated alkanes) is 1. The second-order valence-corrected chi connectivity index (χ2v) is 6.04. The van der Waals surface area contributed by atoms with E-state index in [1.807, 2.05) is 0 Å². The minimum atomic E-state index is -0.904. The molecule has 0 saturated carbocycles. The number of aliphatic imine (C=N–C) groups is 1. The molecule has 3 rings (SSSR count). The summed E-state index contributed by atoms with van der Waals surface area (Å²) in [7, 11) is 0. The molecule has 1 aromatic heterocycles. The van der Waals surface area contributed by atoms with E-state index in [2.05, 4.69) is 9.98 Å². The van der Waals surface area contributed by atoms with E-state index in [0.29, 0.717) is 30.9 Å². The van der Waals surface area contributed by atoms with Crippen LogP contribution in [-0.2, 0) is 9.53 Å². The molecule has 0 spiro atoms. The number of aliphatic hydroxyl groups is 2. The summed E-state index contributed by atoms with van der Waals surface area (Å²) in [4.78, 5) is 20.8. The first-order valence-corrected chi connectivity index (χ1v) is 8.13. The third-order valence-corrected chi connectivity index (χ3v) is 4.34. The van der Waals surface area contributed by atoms with Gasteiger partial charge in [-0.25, -0.2) is 9.98 Å². The number of rotatable bonds is 7. The maximum absolute atomic E-state index is 10.5. The van der Waals surface area contributed by atoms with Gasteiger partial charge in [-0.15, -0.1) is 0 Å². The van der Waals surface area contributed by atoms with E-state index in [4.69, 9.17) is 9.84 Å². The summed E-state index contributed by atoms with van der Waals surface area (Å²) >= 11 is 0. The molecule has 3 atom stereocenters. The van der Waals surface area contributed by atoms with E-state index >= 15 is 0 Å². The zero-order valence-electron chi connectivity index (χ0n) is 13.3. The number of aromatic nitrogens is 2. The highest BCUT2D eigenvalue weighted by Gasteiger charge is 2.32. The second-order valence-electron chi connectivity index (χ2n) is 6.04. The van der Waals surface area contributed by atoms with Gasteiger partial charge >= 0.3 is 5.97 Å². The molecule has 0 radical (unpaired) electrons. The Bertz CT molecular complexity index is 617. The van der Waals surface area contributed by atoms with Gasteiger partial charge in [0.25, 0.3) is 0 Å². The standard InChI is InChI=1S/C15H22N4O5/c20-7-10-4-5-11(24-10)19-9-16-13-14(19)17-8-18(15(13)23)6-2-1-3-12(21)22/h8-11,15,20,23H,1-7H2,(H,21,22)/t10-,11+,15?/m0/s1. The Morgan fingerprint density at radius 3 is 2.92 bits per heavy atom. The highest BCUT2D eigenvalue weighted by atomic mass is 16.5. The van der Waals surface area contributed by atoms with Gasteiger partial charge < -0.3 is 25.0 Å². The van der Waals surface area contributed by atoms with Gasteiger partial charge in [0.15, 0.2) is 12.0 Å². The van der Waals surface area contributed by atoms with E-state index < -0.39 is 12.2 Å². The molecular formula is C15H22N4O5. The summed E-state index contributed by atoms with van der Waals surface area (Å²) in [5.74, 6) is -0.255. The Balaban J connectivity index is 1.63. The number of imidazole rings is 1. The van der Waals surface area contributed by atoms with Crippen LogP contribution < -0.4 is 0 Å². The third-order valence-electron chi connectivity index (χ3n) is 4.34. The van der Waals surface area contributed by atoms with Gasteiger partial charge in [0, 0.05) is 13.0 Å². The van der Waals surface area contributed by atoms with E-state index in [-0.39, 0.29) is 25.4 Å². The molecule has 1 unspecified atom stereocenters. The van der Waals surface area contributed by atoms with Gasteiger partial charge in [-0.1, -0.05) is 0 Å². The topological polar surface area (TPSA) is 120 Å². The predicted octanol–water partition coefficient (Wildman–Crippen LogP) is 0.774. The number of aliphatic carboxylic acids is 1. The van der Waals surface area contributed by atoms with Gasteiger partial charge in [-0.05, 0) is 25.7 Å². The van der Waals surface area contributed by atoms with Gasteiger partial charge in [0.1, 0.15) is 11.9 Å². The van der Waals surface area contributed by atoms with Crippen LogP contribution in [0.15, 0.2) is 11.3 Å². The second kappa shape index (κ2) is 7.29. The molecule has 24 heavy (non-hydrogen) atoms. The van der Waals surface area contributed by atoms with Crippen LogP contribution in [-0.4, -0.2) is 61.3 Å². The van der Waals surface area contributed by atoms with Crippen molar-refractivity contribution < 1.29 is 24.9 Å². The van der Waals surface area contributed by atoms with Crippen molar-refractivity contribution in [1.29, 1.82) is 0 Å². The van der Waals surface area contributed by atoms with Crippen LogP contribution in [0.25, 0.3) is 0 Å². The number of hydrogen-bond acceptors (Lipinski definition) is 7.